The van der Waals surface area contributed by atoms with Gasteiger partial charge in [0.05, 0.1) is 6.61 Å². The lowest BCUT2D eigenvalue weighted by Gasteiger charge is -2.07. The lowest BCUT2D eigenvalue weighted by Crippen LogP contribution is -2.08. The molecule has 0 spiro atoms. The molecule has 22 heavy (non-hydrogen) atoms. The summed E-state index contributed by atoms with van der Waals surface area (Å²) in [6.07, 6.45) is 2.51. The molecule has 0 amide bonds. The van der Waals surface area contributed by atoms with Gasteiger partial charge in [0.25, 0.3) is 0 Å². The Labute approximate surface area is 127 Å². The monoisotopic (exact) mass is 296 g/mol. The van der Waals surface area contributed by atoms with E-state index in [9.17, 15) is 0 Å². The molecule has 2 heterocycles. The average Bonchev–Trinajstić information content (AvgIpc) is 3.02. The number of nitrogens with two attached hydrogens (primary N) is 1. The van der Waals surface area contributed by atoms with Crippen molar-refractivity contribution >= 4 is 5.69 Å². The van der Waals surface area contributed by atoms with Gasteiger partial charge in [-0.3, -0.25) is 4.98 Å². The van der Waals surface area contributed by atoms with Crippen LogP contribution in [-0.2, 0) is 6.54 Å². The Morgan fingerprint density at radius 3 is 2.73 bits per heavy atom. The van der Waals surface area contributed by atoms with E-state index in [1.807, 2.05) is 42.5 Å². The fraction of sp³-hybridized carbons (Fsp3) is 0.200. The topological polar surface area (TPSA) is 91.7 Å². The van der Waals surface area contributed by atoms with Crippen LogP contribution in [0.5, 0.6) is 5.75 Å². The first-order valence-electron chi connectivity index (χ1n) is 6.99. The van der Waals surface area contributed by atoms with Crippen LogP contribution in [0.15, 0.2) is 48.7 Å². The largest absolute Gasteiger partial charge is 0.494 e. The molecule has 0 unspecified atom stereocenters. The van der Waals surface area contributed by atoms with Crippen LogP contribution in [0.4, 0.5) is 5.69 Å². The van der Waals surface area contributed by atoms with E-state index in [-0.39, 0.29) is 0 Å². The van der Waals surface area contributed by atoms with Crippen molar-refractivity contribution in [1.82, 2.24) is 25.2 Å². The SMILES string of the molecule is Nc1ccc(OCCCn2nnnc2-c2ccccn2)cc1. The molecule has 3 aromatic rings. The van der Waals surface area contributed by atoms with Crippen LogP contribution >= 0.6 is 0 Å². The number of ether oxygens (including phenoxy) is 1. The first-order chi connectivity index (χ1) is 10.8. The highest BCUT2D eigenvalue weighted by Gasteiger charge is 2.09. The third kappa shape index (κ3) is 3.38. The molecule has 2 aromatic heterocycles. The highest BCUT2D eigenvalue weighted by molar-refractivity contribution is 5.47. The minimum Gasteiger partial charge on any atom is -0.494 e. The molecule has 7 nitrogen and oxygen atoms in total. The van der Waals surface area contributed by atoms with E-state index in [0.29, 0.717) is 19.0 Å². The van der Waals surface area contributed by atoms with Crippen molar-refractivity contribution in [3.8, 4) is 17.3 Å². The van der Waals surface area contributed by atoms with E-state index in [0.717, 1.165) is 23.6 Å². The zero-order valence-electron chi connectivity index (χ0n) is 12.0. The molecule has 0 radical (unpaired) electrons. The Balaban J connectivity index is 1.54. The summed E-state index contributed by atoms with van der Waals surface area (Å²) in [5.41, 5.74) is 7.11. The van der Waals surface area contributed by atoms with Crippen molar-refractivity contribution in [3.05, 3.63) is 48.7 Å². The van der Waals surface area contributed by atoms with Gasteiger partial charge in [0, 0.05) is 24.8 Å². The second kappa shape index (κ2) is 6.66. The van der Waals surface area contributed by atoms with E-state index in [1.54, 1.807) is 10.9 Å². The van der Waals surface area contributed by atoms with Crippen LogP contribution in [-0.4, -0.2) is 31.8 Å². The van der Waals surface area contributed by atoms with Gasteiger partial charge in [0.1, 0.15) is 11.4 Å². The third-order valence-corrected chi connectivity index (χ3v) is 3.09. The number of tetrazole rings is 1. The van der Waals surface area contributed by atoms with E-state index in [1.165, 1.54) is 0 Å². The van der Waals surface area contributed by atoms with Crippen LogP contribution in [0.2, 0.25) is 0 Å². The van der Waals surface area contributed by atoms with Crippen molar-refractivity contribution in [3.63, 3.8) is 0 Å². The molecular formula is C15H16N6O. The summed E-state index contributed by atoms with van der Waals surface area (Å²) in [7, 11) is 0. The van der Waals surface area contributed by atoms with Gasteiger partial charge in [-0.25, -0.2) is 4.68 Å². The molecule has 0 saturated carbocycles. The van der Waals surface area contributed by atoms with Gasteiger partial charge in [-0.05, 0) is 46.8 Å². The number of aryl methyl sites for hydroxylation is 1. The molecule has 1 aromatic carbocycles. The highest BCUT2D eigenvalue weighted by atomic mass is 16.5. The predicted octanol–water partition coefficient (Wildman–Crippen LogP) is 1.79. The zero-order valence-corrected chi connectivity index (χ0v) is 12.0. The van der Waals surface area contributed by atoms with Gasteiger partial charge in [-0.1, -0.05) is 6.07 Å². The van der Waals surface area contributed by atoms with Gasteiger partial charge in [-0.15, -0.1) is 5.10 Å². The van der Waals surface area contributed by atoms with E-state index < -0.39 is 0 Å². The Bertz CT molecular complexity index is 710. The Kier molecular flexibility index (Phi) is 4.24. The lowest BCUT2D eigenvalue weighted by molar-refractivity contribution is 0.298. The number of aromatic nitrogens is 5. The van der Waals surface area contributed by atoms with E-state index in [4.69, 9.17) is 10.5 Å². The van der Waals surface area contributed by atoms with E-state index in [2.05, 4.69) is 20.5 Å². The Hall–Kier alpha value is -2.96. The molecule has 0 fully saturated rings. The van der Waals surface area contributed by atoms with Crippen molar-refractivity contribution in [2.75, 3.05) is 12.3 Å². The van der Waals surface area contributed by atoms with Crippen LogP contribution < -0.4 is 10.5 Å². The third-order valence-electron chi connectivity index (χ3n) is 3.09. The summed E-state index contributed by atoms with van der Waals surface area (Å²) in [6.45, 7) is 1.24. The van der Waals surface area contributed by atoms with E-state index >= 15 is 0 Å². The molecule has 0 aliphatic heterocycles. The van der Waals surface area contributed by atoms with Gasteiger partial charge in [-0.2, -0.15) is 0 Å². The van der Waals surface area contributed by atoms with Gasteiger partial charge >= 0.3 is 0 Å². The first-order valence-corrected chi connectivity index (χ1v) is 6.99. The molecule has 0 aliphatic rings. The minimum absolute atomic E-state index is 0.575. The smallest absolute Gasteiger partial charge is 0.200 e. The quantitative estimate of drug-likeness (QED) is 0.550. The number of anilines is 1. The molecule has 0 atom stereocenters. The summed E-state index contributed by atoms with van der Waals surface area (Å²) in [5.74, 6) is 1.46. The maximum Gasteiger partial charge on any atom is 0.200 e. The molecule has 3 rings (SSSR count). The average molecular weight is 296 g/mol. The standard InChI is InChI=1S/C15H16N6O/c16-12-5-7-13(8-6-12)22-11-3-10-21-15(18-19-20-21)14-4-1-2-9-17-14/h1-2,4-9H,3,10-11,16H2. The fourth-order valence-electron chi connectivity index (χ4n) is 2.00. The van der Waals surface area contributed by atoms with Crippen molar-refractivity contribution < 1.29 is 4.74 Å². The number of pyridine rings is 1. The minimum atomic E-state index is 0.575. The van der Waals surface area contributed by atoms with Gasteiger partial charge < -0.3 is 10.5 Å². The van der Waals surface area contributed by atoms with Gasteiger partial charge in [0.2, 0.25) is 5.82 Å². The maximum absolute atomic E-state index is 5.65. The molecular weight excluding hydrogens is 280 g/mol. The van der Waals surface area contributed by atoms with Gasteiger partial charge in [0.15, 0.2) is 0 Å². The van der Waals surface area contributed by atoms with Crippen LogP contribution in [0.3, 0.4) is 0 Å². The maximum atomic E-state index is 5.65. The van der Waals surface area contributed by atoms with Crippen LogP contribution in [0, 0.1) is 0 Å². The summed E-state index contributed by atoms with van der Waals surface area (Å²) in [4.78, 5) is 4.26. The van der Waals surface area contributed by atoms with Crippen LogP contribution in [0.1, 0.15) is 6.42 Å². The second-order valence-electron chi connectivity index (χ2n) is 4.71. The number of benzene rings is 1. The number of rotatable bonds is 6. The Morgan fingerprint density at radius 1 is 1.09 bits per heavy atom. The number of hydrogen-bond acceptors (Lipinski definition) is 6. The summed E-state index contributed by atoms with van der Waals surface area (Å²) in [5, 5.41) is 11.7. The highest BCUT2D eigenvalue weighted by Crippen LogP contribution is 2.14. The van der Waals surface area contributed by atoms with Crippen molar-refractivity contribution in [2.24, 2.45) is 0 Å². The summed E-state index contributed by atoms with van der Waals surface area (Å²) >= 11 is 0. The molecule has 0 aliphatic carbocycles. The lowest BCUT2D eigenvalue weighted by atomic mass is 10.3. The predicted molar refractivity (Wildman–Crippen MR) is 82.0 cm³/mol. The summed E-state index contributed by atoms with van der Waals surface area (Å²) < 4.78 is 7.38. The zero-order chi connectivity index (χ0) is 15.2. The molecule has 0 saturated heterocycles. The molecule has 7 heteroatoms. The second-order valence-corrected chi connectivity index (χ2v) is 4.71. The Morgan fingerprint density at radius 2 is 1.95 bits per heavy atom. The van der Waals surface area contributed by atoms with Crippen LogP contribution in [0.25, 0.3) is 11.5 Å². The number of nitrogens with zero attached hydrogens (tertiary/aromatic N) is 5. The normalized spacial score (nSPS) is 10.5. The molecule has 0 bridgehead atoms. The van der Waals surface area contributed by atoms with Crippen molar-refractivity contribution in [2.45, 2.75) is 13.0 Å². The molecule has 2 N–H and O–H groups in total. The number of nitrogen functional groups attached to an aromatic ring is 1. The van der Waals surface area contributed by atoms with Crippen molar-refractivity contribution in [1.29, 1.82) is 0 Å². The number of hydrogen-bond donors (Lipinski definition) is 1. The summed E-state index contributed by atoms with van der Waals surface area (Å²) in [6, 6.07) is 13.0. The molecule has 112 valence electrons. The first kappa shape index (κ1) is 14.0. The fourth-order valence-corrected chi connectivity index (χ4v) is 2.00.